The highest BCUT2D eigenvalue weighted by molar-refractivity contribution is 5.08. The van der Waals surface area contributed by atoms with Gasteiger partial charge in [-0.15, -0.1) is 0 Å². The summed E-state index contributed by atoms with van der Waals surface area (Å²) in [5.41, 5.74) is -0.333. The predicted octanol–water partition coefficient (Wildman–Crippen LogP) is 0.216. The number of methoxy groups -OCH3 is 1. The molecular weight excluding hydrogens is 258 g/mol. The normalized spacial score (nSPS) is 35.1. The van der Waals surface area contributed by atoms with E-state index in [1.807, 2.05) is 0 Å². The van der Waals surface area contributed by atoms with Crippen LogP contribution in [0.1, 0.15) is 32.6 Å². The van der Waals surface area contributed by atoms with Gasteiger partial charge in [-0.2, -0.15) is 0 Å². The second-order valence-electron chi connectivity index (χ2n) is 5.99. The van der Waals surface area contributed by atoms with Gasteiger partial charge in [-0.05, 0) is 52.7 Å². The minimum atomic E-state index is -1.14. The second-order valence-corrected chi connectivity index (χ2v) is 5.99. The van der Waals surface area contributed by atoms with Crippen molar-refractivity contribution in [1.82, 2.24) is 16.0 Å². The summed E-state index contributed by atoms with van der Waals surface area (Å²) in [5, 5.41) is 22.0. The lowest BCUT2D eigenvalue weighted by molar-refractivity contribution is -0.338. The Morgan fingerprint density at radius 3 is 2.75 bits per heavy atom. The van der Waals surface area contributed by atoms with E-state index in [2.05, 4.69) is 22.9 Å². The highest BCUT2D eigenvalue weighted by Gasteiger charge is 2.57. The van der Waals surface area contributed by atoms with Crippen LogP contribution in [0.5, 0.6) is 0 Å². The molecule has 4 atom stereocenters. The van der Waals surface area contributed by atoms with Gasteiger partial charge in [0.1, 0.15) is 0 Å². The van der Waals surface area contributed by atoms with Crippen molar-refractivity contribution in [2.45, 2.75) is 56.3 Å². The van der Waals surface area contributed by atoms with Crippen LogP contribution in [0.25, 0.3) is 0 Å². The topological polar surface area (TPSA) is 74.5 Å². The van der Waals surface area contributed by atoms with Gasteiger partial charge in [0.05, 0.1) is 11.6 Å². The van der Waals surface area contributed by atoms with Gasteiger partial charge in [-0.3, -0.25) is 0 Å². The summed E-state index contributed by atoms with van der Waals surface area (Å²) in [6.45, 7) is 4.27. The van der Waals surface area contributed by atoms with Crippen LogP contribution in [-0.4, -0.2) is 57.4 Å². The predicted molar refractivity (Wildman–Crippen MR) is 75.9 cm³/mol. The van der Waals surface area contributed by atoms with Crippen molar-refractivity contribution in [1.29, 1.82) is 0 Å². The fourth-order valence-corrected chi connectivity index (χ4v) is 3.62. The summed E-state index contributed by atoms with van der Waals surface area (Å²) >= 11 is 0. The Labute approximate surface area is 121 Å². The lowest BCUT2D eigenvalue weighted by Gasteiger charge is -2.49. The minimum absolute atomic E-state index is 0.0522. The molecule has 0 saturated carbocycles. The van der Waals surface area contributed by atoms with Crippen LogP contribution in [0.15, 0.2) is 0 Å². The third kappa shape index (κ3) is 2.86. The molecule has 6 heteroatoms. The average Bonchev–Trinajstić information content (AvgIpc) is 3.08. The number of nitrogens with one attached hydrogen (secondary N) is 3. The van der Waals surface area contributed by atoms with E-state index in [1.165, 1.54) is 0 Å². The number of hydrogen-bond donors (Lipinski definition) is 3. The van der Waals surface area contributed by atoms with Crippen LogP contribution in [0.2, 0.25) is 0 Å². The summed E-state index contributed by atoms with van der Waals surface area (Å²) in [6.07, 6.45) is 2.95. The summed E-state index contributed by atoms with van der Waals surface area (Å²) in [6, 6.07) is 0.0522. The van der Waals surface area contributed by atoms with Gasteiger partial charge in [0, 0.05) is 13.7 Å². The maximum Gasteiger partial charge on any atom is 0.207 e. The van der Waals surface area contributed by atoms with Gasteiger partial charge in [0.2, 0.25) is 12.1 Å². The monoisotopic (exact) mass is 286 g/mol. The van der Waals surface area contributed by atoms with E-state index in [4.69, 9.17) is 9.47 Å². The first-order valence-corrected chi connectivity index (χ1v) is 7.60. The molecule has 2 saturated heterocycles. The Hall–Kier alpha value is -0.240. The Bertz CT molecular complexity index is 304. The van der Waals surface area contributed by atoms with Crippen molar-refractivity contribution in [3.63, 3.8) is 0 Å². The quantitative estimate of drug-likeness (QED) is 0.584. The van der Waals surface area contributed by atoms with Crippen LogP contribution in [0.4, 0.5) is 0 Å². The molecule has 0 bridgehead atoms. The first-order valence-electron chi connectivity index (χ1n) is 7.60. The smallest absolute Gasteiger partial charge is 0.207 e. The van der Waals surface area contributed by atoms with E-state index < -0.39 is 12.1 Å². The number of rotatable bonds is 7. The lowest BCUT2D eigenvalue weighted by Crippen LogP contribution is -2.69. The Morgan fingerprint density at radius 2 is 2.25 bits per heavy atom. The molecule has 0 aliphatic carbocycles. The largest absolute Gasteiger partial charge is 0.350 e. The van der Waals surface area contributed by atoms with Gasteiger partial charge in [0.15, 0.2) is 0 Å². The highest BCUT2D eigenvalue weighted by Crippen LogP contribution is 2.40. The third-order valence-electron chi connectivity index (χ3n) is 4.64. The van der Waals surface area contributed by atoms with Gasteiger partial charge in [0.25, 0.3) is 0 Å². The molecule has 0 spiro atoms. The van der Waals surface area contributed by atoms with Crippen molar-refractivity contribution in [3.05, 3.63) is 0 Å². The molecule has 117 valence electrons. The maximum absolute atomic E-state index is 12.1. The van der Waals surface area contributed by atoms with E-state index in [9.17, 15) is 5.11 Å². The van der Waals surface area contributed by atoms with Gasteiger partial charge in [-0.25, -0.2) is 5.11 Å². The van der Waals surface area contributed by atoms with Crippen LogP contribution in [0, 0.1) is 0 Å². The van der Waals surface area contributed by atoms with Crippen LogP contribution >= 0.6 is 0 Å². The Morgan fingerprint density at radius 1 is 1.45 bits per heavy atom. The molecular formula is C14H28N3O3. The molecule has 1 radical (unpaired) electrons. The van der Waals surface area contributed by atoms with Crippen LogP contribution in [-0.2, 0) is 14.6 Å². The average molecular weight is 286 g/mol. The third-order valence-corrected chi connectivity index (χ3v) is 4.64. The minimum Gasteiger partial charge on any atom is -0.350 e. The van der Waals surface area contributed by atoms with Gasteiger partial charge < -0.3 is 25.4 Å². The Balaban J connectivity index is 2.24. The molecule has 6 nitrogen and oxygen atoms in total. The summed E-state index contributed by atoms with van der Waals surface area (Å²) in [7, 11) is 3.41. The zero-order valence-corrected chi connectivity index (χ0v) is 12.8. The first-order chi connectivity index (χ1) is 9.58. The number of hydrogen-bond acceptors (Lipinski definition) is 5. The van der Waals surface area contributed by atoms with Crippen LogP contribution < -0.4 is 16.0 Å². The molecule has 2 fully saturated rings. The van der Waals surface area contributed by atoms with Crippen LogP contribution in [0.3, 0.4) is 0 Å². The number of likely N-dealkylation sites (N-methyl/N-ethyl adjacent to an activating group) is 1. The molecule has 20 heavy (non-hydrogen) atoms. The molecule has 2 aliphatic rings. The molecule has 0 aromatic carbocycles. The molecule has 0 aromatic rings. The van der Waals surface area contributed by atoms with Crippen molar-refractivity contribution < 1.29 is 14.6 Å². The highest BCUT2D eigenvalue weighted by atomic mass is 16.7. The lowest BCUT2D eigenvalue weighted by atomic mass is 9.83. The maximum atomic E-state index is 12.1. The van der Waals surface area contributed by atoms with E-state index >= 15 is 0 Å². The summed E-state index contributed by atoms with van der Waals surface area (Å²) in [4.78, 5) is 0. The van der Waals surface area contributed by atoms with Crippen molar-refractivity contribution in [2.24, 2.45) is 0 Å². The van der Waals surface area contributed by atoms with Crippen molar-refractivity contribution >= 4 is 0 Å². The zero-order valence-electron chi connectivity index (χ0n) is 12.8. The second kappa shape index (κ2) is 6.68. The SMILES string of the molecule is CNCC([O])OC(OC)([C@H]1CCCN1)[C@@]1(C)CCCN1. The van der Waals surface area contributed by atoms with E-state index in [0.717, 1.165) is 38.8 Å². The standard InChI is InChI=1S/C14H28N3O3/c1-13(7-5-9-17-13)14(19-3,11-6-4-8-16-11)20-12(18)10-15-2/h11-12,15-17H,4-10H2,1-3H3/t11-,12?,13-,14?/m1/s1. The zero-order chi connectivity index (χ0) is 14.6. The summed E-state index contributed by atoms with van der Waals surface area (Å²) in [5.74, 6) is -0.913. The Kier molecular flexibility index (Phi) is 5.39. The molecule has 2 heterocycles. The molecule has 3 N–H and O–H groups in total. The molecule has 0 aromatic heterocycles. The van der Waals surface area contributed by atoms with Gasteiger partial charge in [-0.1, -0.05) is 0 Å². The van der Waals surface area contributed by atoms with Crippen molar-refractivity contribution in [3.8, 4) is 0 Å². The molecule has 2 aliphatic heterocycles. The summed E-state index contributed by atoms with van der Waals surface area (Å²) < 4.78 is 11.8. The van der Waals surface area contributed by atoms with E-state index in [0.29, 0.717) is 0 Å². The van der Waals surface area contributed by atoms with Gasteiger partial charge >= 0.3 is 0 Å². The fraction of sp³-hybridized carbons (Fsp3) is 1.00. The molecule has 0 amide bonds. The van der Waals surface area contributed by atoms with Crippen molar-refractivity contribution in [2.75, 3.05) is 33.8 Å². The van der Waals surface area contributed by atoms with E-state index in [1.54, 1.807) is 14.2 Å². The number of ether oxygens (including phenoxy) is 2. The fourth-order valence-electron chi connectivity index (χ4n) is 3.62. The molecule has 2 unspecified atom stereocenters. The first kappa shape index (κ1) is 16.1. The molecule has 2 rings (SSSR count). The van der Waals surface area contributed by atoms with E-state index in [-0.39, 0.29) is 18.1 Å².